The van der Waals surface area contributed by atoms with Crippen molar-refractivity contribution < 1.29 is 27.9 Å². The Hall–Kier alpha value is -2.39. The molecule has 1 rings (SSSR count). The minimum absolute atomic E-state index is 0.0913. The fraction of sp³-hybridized carbons (Fsp3) is 0.455. The van der Waals surface area contributed by atoms with Crippen LogP contribution in [0.25, 0.3) is 0 Å². The summed E-state index contributed by atoms with van der Waals surface area (Å²) in [6.07, 6.45) is -5.04. The van der Waals surface area contributed by atoms with Crippen molar-refractivity contribution in [3.63, 3.8) is 0 Å². The van der Waals surface area contributed by atoms with E-state index in [4.69, 9.17) is 5.11 Å². The second-order valence-electron chi connectivity index (χ2n) is 4.22. The van der Waals surface area contributed by atoms with E-state index in [-0.39, 0.29) is 5.69 Å². The van der Waals surface area contributed by atoms with Crippen LogP contribution in [-0.2, 0) is 4.79 Å². The predicted molar refractivity (Wildman–Crippen MR) is 65.8 cm³/mol. The number of nitrogens with zero attached hydrogens (tertiary/aromatic N) is 2. The van der Waals surface area contributed by atoms with Gasteiger partial charge in [0.1, 0.15) is 5.82 Å². The van der Waals surface area contributed by atoms with E-state index in [0.29, 0.717) is 13.5 Å². The fourth-order valence-electron chi connectivity index (χ4n) is 1.27. The average Bonchev–Trinajstić information content (AvgIpc) is 2.38. The Morgan fingerprint density at radius 2 is 1.90 bits per heavy atom. The van der Waals surface area contributed by atoms with Crippen molar-refractivity contribution in [3.8, 4) is 0 Å². The van der Waals surface area contributed by atoms with Crippen LogP contribution >= 0.6 is 0 Å². The number of carboxylic acids is 1. The van der Waals surface area contributed by atoms with Crippen LogP contribution in [-0.4, -0.2) is 45.4 Å². The van der Waals surface area contributed by atoms with Gasteiger partial charge in [-0.2, -0.15) is 13.2 Å². The van der Waals surface area contributed by atoms with Gasteiger partial charge in [0.2, 0.25) is 5.54 Å². The first-order valence-electron chi connectivity index (χ1n) is 5.82. The normalized spacial score (nSPS) is 14.1. The zero-order valence-corrected chi connectivity index (χ0v) is 11.2. The van der Waals surface area contributed by atoms with Crippen molar-refractivity contribution in [1.82, 2.24) is 15.5 Å². The lowest BCUT2D eigenvalue weighted by atomic mass is 10.0. The summed E-state index contributed by atoms with van der Waals surface area (Å²) in [6, 6.07) is 2.18. The highest BCUT2D eigenvalue weighted by molar-refractivity contribution is 5.92. The standard InChI is InChI=1S/C11H13F3N4O3/c1-3-15-8(19)6-4-5-7(18-17-6)16-10(2,9(20)21)11(12,13)14/h4-5H,3H2,1-2H3,(H,15,19)(H,16,18)(H,20,21). The number of carbonyl (C=O) groups excluding carboxylic acids is 1. The molecule has 10 heteroatoms. The summed E-state index contributed by atoms with van der Waals surface area (Å²) in [5, 5.41) is 19.8. The molecule has 1 heterocycles. The largest absolute Gasteiger partial charge is 0.479 e. The smallest absolute Gasteiger partial charge is 0.422 e. The zero-order valence-electron chi connectivity index (χ0n) is 11.2. The van der Waals surface area contributed by atoms with Crippen LogP contribution in [0.15, 0.2) is 12.1 Å². The molecule has 0 aromatic carbocycles. The highest BCUT2D eigenvalue weighted by Crippen LogP contribution is 2.33. The number of halogens is 3. The molecule has 1 amide bonds. The van der Waals surface area contributed by atoms with Crippen LogP contribution < -0.4 is 10.6 Å². The van der Waals surface area contributed by atoms with Gasteiger partial charge in [0.25, 0.3) is 5.91 Å². The van der Waals surface area contributed by atoms with E-state index in [1.807, 2.05) is 0 Å². The molecular formula is C11H13F3N4O3. The van der Waals surface area contributed by atoms with Gasteiger partial charge in [0.05, 0.1) is 0 Å². The number of rotatable bonds is 5. The number of carbonyl (C=O) groups is 2. The number of alkyl halides is 3. The number of nitrogens with one attached hydrogen (secondary N) is 2. The van der Waals surface area contributed by atoms with Crippen LogP contribution in [0.5, 0.6) is 0 Å². The molecule has 7 nitrogen and oxygen atoms in total. The molecule has 0 aliphatic carbocycles. The van der Waals surface area contributed by atoms with E-state index in [2.05, 4.69) is 15.5 Å². The van der Waals surface area contributed by atoms with Gasteiger partial charge in [-0.25, -0.2) is 4.79 Å². The Morgan fingerprint density at radius 3 is 2.29 bits per heavy atom. The molecule has 21 heavy (non-hydrogen) atoms. The second kappa shape index (κ2) is 5.94. The topological polar surface area (TPSA) is 104 Å². The molecule has 0 aliphatic heterocycles. The van der Waals surface area contributed by atoms with E-state index in [0.717, 1.165) is 12.1 Å². The Bertz CT molecular complexity index is 533. The number of amides is 1. The SMILES string of the molecule is CCNC(=O)c1ccc(NC(C)(C(=O)O)C(F)(F)F)nn1. The van der Waals surface area contributed by atoms with Gasteiger partial charge in [-0.15, -0.1) is 10.2 Å². The summed E-state index contributed by atoms with van der Waals surface area (Å²) in [6.45, 7) is 2.50. The van der Waals surface area contributed by atoms with Crippen LogP contribution in [0.2, 0.25) is 0 Å². The van der Waals surface area contributed by atoms with Gasteiger partial charge in [-0.05, 0) is 26.0 Å². The van der Waals surface area contributed by atoms with Crippen LogP contribution in [0.1, 0.15) is 24.3 Å². The van der Waals surface area contributed by atoms with Gasteiger partial charge in [0.15, 0.2) is 5.69 Å². The lowest BCUT2D eigenvalue weighted by Gasteiger charge is -2.28. The number of anilines is 1. The summed E-state index contributed by atoms with van der Waals surface area (Å²) >= 11 is 0. The Kier molecular flexibility index (Phi) is 4.71. The van der Waals surface area contributed by atoms with Crippen molar-refractivity contribution in [3.05, 3.63) is 17.8 Å². The minimum Gasteiger partial charge on any atom is -0.479 e. The maximum Gasteiger partial charge on any atom is 0.422 e. The van der Waals surface area contributed by atoms with Gasteiger partial charge >= 0.3 is 12.1 Å². The zero-order chi connectivity index (χ0) is 16.3. The van der Waals surface area contributed by atoms with Crippen molar-refractivity contribution in [2.45, 2.75) is 25.6 Å². The molecule has 0 fully saturated rings. The molecule has 0 bridgehead atoms. The molecule has 1 unspecified atom stereocenters. The molecule has 1 aromatic rings. The third kappa shape index (κ3) is 3.58. The van der Waals surface area contributed by atoms with Crippen LogP contribution in [0, 0.1) is 0 Å². The molecule has 0 spiro atoms. The average molecular weight is 306 g/mol. The number of aromatic nitrogens is 2. The van der Waals surface area contributed by atoms with Gasteiger partial charge < -0.3 is 15.7 Å². The lowest BCUT2D eigenvalue weighted by Crippen LogP contribution is -2.55. The maximum absolute atomic E-state index is 12.8. The molecular weight excluding hydrogens is 293 g/mol. The Labute approximate surface area is 117 Å². The van der Waals surface area contributed by atoms with Gasteiger partial charge in [-0.1, -0.05) is 0 Å². The Morgan fingerprint density at radius 1 is 1.29 bits per heavy atom. The molecule has 1 aromatic heterocycles. The van der Waals surface area contributed by atoms with Crippen molar-refractivity contribution in [1.29, 1.82) is 0 Å². The quantitative estimate of drug-likeness (QED) is 0.751. The van der Waals surface area contributed by atoms with E-state index in [1.165, 1.54) is 0 Å². The summed E-state index contributed by atoms with van der Waals surface area (Å²) in [4.78, 5) is 22.2. The Balaban J connectivity index is 2.97. The first kappa shape index (κ1) is 16.7. The third-order valence-electron chi connectivity index (χ3n) is 2.61. The maximum atomic E-state index is 12.8. The third-order valence-corrected chi connectivity index (χ3v) is 2.61. The van der Waals surface area contributed by atoms with E-state index in [1.54, 1.807) is 12.2 Å². The number of carboxylic acid groups (broad SMARTS) is 1. The van der Waals surface area contributed by atoms with Crippen molar-refractivity contribution in [2.75, 3.05) is 11.9 Å². The molecule has 0 saturated carbocycles. The van der Waals surface area contributed by atoms with Gasteiger partial charge in [-0.3, -0.25) is 4.79 Å². The van der Waals surface area contributed by atoms with Crippen molar-refractivity contribution in [2.24, 2.45) is 0 Å². The van der Waals surface area contributed by atoms with E-state index >= 15 is 0 Å². The minimum atomic E-state index is -5.04. The lowest BCUT2D eigenvalue weighted by molar-refractivity contribution is -0.193. The van der Waals surface area contributed by atoms with Crippen LogP contribution in [0.4, 0.5) is 19.0 Å². The number of aliphatic carboxylic acids is 1. The molecule has 116 valence electrons. The number of hydrogen-bond acceptors (Lipinski definition) is 5. The summed E-state index contributed by atoms with van der Waals surface area (Å²) in [5.74, 6) is -3.05. The van der Waals surface area contributed by atoms with Gasteiger partial charge in [0, 0.05) is 6.54 Å². The van der Waals surface area contributed by atoms with Crippen molar-refractivity contribution >= 4 is 17.7 Å². The number of hydrogen-bond donors (Lipinski definition) is 3. The molecule has 0 saturated heterocycles. The van der Waals surface area contributed by atoms with Crippen LogP contribution in [0.3, 0.4) is 0 Å². The first-order valence-corrected chi connectivity index (χ1v) is 5.82. The molecule has 0 radical (unpaired) electrons. The first-order chi connectivity index (χ1) is 9.61. The molecule has 0 aliphatic rings. The summed E-state index contributed by atoms with van der Waals surface area (Å²) in [5.41, 5.74) is -3.30. The molecule has 1 atom stereocenters. The summed E-state index contributed by atoms with van der Waals surface area (Å²) in [7, 11) is 0. The summed E-state index contributed by atoms with van der Waals surface area (Å²) < 4.78 is 38.4. The monoisotopic (exact) mass is 306 g/mol. The highest BCUT2D eigenvalue weighted by atomic mass is 19.4. The van der Waals surface area contributed by atoms with E-state index < -0.39 is 29.4 Å². The fourth-order valence-corrected chi connectivity index (χ4v) is 1.27. The second-order valence-corrected chi connectivity index (χ2v) is 4.22. The predicted octanol–water partition coefficient (Wildman–Crippen LogP) is 1.04. The molecule has 3 N–H and O–H groups in total. The van der Waals surface area contributed by atoms with E-state index in [9.17, 15) is 22.8 Å². The highest BCUT2D eigenvalue weighted by Gasteiger charge is 2.57.